The first-order valence-corrected chi connectivity index (χ1v) is 7.35. The van der Waals surface area contributed by atoms with Crippen molar-refractivity contribution in [1.29, 1.82) is 0 Å². The summed E-state index contributed by atoms with van der Waals surface area (Å²) in [5.41, 5.74) is 7.22. The van der Waals surface area contributed by atoms with Gasteiger partial charge in [-0.2, -0.15) is 0 Å². The van der Waals surface area contributed by atoms with Gasteiger partial charge < -0.3 is 5.73 Å². The van der Waals surface area contributed by atoms with Gasteiger partial charge in [-0.05, 0) is 36.9 Å². The maximum absolute atomic E-state index is 5.91. The van der Waals surface area contributed by atoms with E-state index in [1.54, 1.807) is 11.8 Å². The Balaban J connectivity index is 2.77. The zero-order chi connectivity index (χ0) is 12.8. The van der Waals surface area contributed by atoms with Crippen molar-refractivity contribution in [2.24, 2.45) is 11.7 Å². The molecule has 0 spiro atoms. The smallest absolute Gasteiger partial charge is 0.0467 e. The molecule has 0 fully saturated rings. The number of rotatable bonds is 6. The number of nitrogens with zero attached hydrogens (tertiary/aromatic N) is 1. The molecule has 2 N–H and O–H groups in total. The van der Waals surface area contributed by atoms with Crippen molar-refractivity contribution in [2.75, 3.05) is 26.4 Å². The molecular weight excluding hydrogens is 228 g/mol. The first kappa shape index (κ1) is 14.6. The molecule has 0 radical (unpaired) electrons. The van der Waals surface area contributed by atoms with Crippen molar-refractivity contribution in [3.8, 4) is 0 Å². The summed E-state index contributed by atoms with van der Waals surface area (Å²) in [4.78, 5) is 3.65. The highest BCUT2D eigenvalue weighted by Gasteiger charge is 2.15. The second-order valence-electron chi connectivity index (χ2n) is 4.86. The second-order valence-corrected chi connectivity index (χ2v) is 5.74. The maximum Gasteiger partial charge on any atom is 0.0467 e. The van der Waals surface area contributed by atoms with E-state index < -0.39 is 0 Å². The average Bonchev–Trinajstić information content (AvgIpc) is 2.30. The number of nitrogens with two attached hydrogens (primary N) is 1. The Labute approximate surface area is 110 Å². The third-order valence-electron chi connectivity index (χ3n) is 2.91. The van der Waals surface area contributed by atoms with Crippen molar-refractivity contribution in [1.82, 2.24) is 4.90 Å². The van der Waals surface area contributed by atoms with Crippen LogP contribution in [0.3, 0.4) is 0 Å². The van der Waals surface area contributed by atoms with E-state index in [0.29, 0.717) is 18.5 Å². The Hall–Kier alpha value is -0.510. The van der Waals surface area contributed by atoms with Crippen LogP contribution < -0.4 is 5.73 Å². The molecule has 0 saturated heterocycles. The normalized spacial score (nSPS) is 13.4. The molecule has 0 saturated carbocycles. The van der Waals surface area contributed by atoms with Crippen LogP contribution in [0, 0.1) is 5.92 Å². The molecule has 17 heavy (non-hydrogen) atoms. The van der Waals surface area contributed by atoms with Crippen molar-refractivity contribution in [2.45, 2.75) is 24.8 Å². The van der Waals surface area contributed by atoms with Gasteiger partial charge in [-0.3, -0.25) is 4.90 Å². The Morgan fingerprint density at radius 3 is 2.24 bits per heavy atom. The van der Waals surface area contributed by atoms with Gasteiger partial charge in [-0.25, -0.2) is 0 Å². The lowest BCUT2D eigenvalue weighted by molar-refractivity contribution is 0.223. The van der Waals surface area contributed by atoms with Crippen LogP contribution in [0.25, 0.3) is 0 Å². The minimum Gasteiger partial charge on any atom is -0.329 e. The van der Waals surface area contributed by atoms with E-state index in [-0.39, 0.29) is 0 Å². The van der Waals surface area contributed by atoms with E-state index in [4.69, 9.17) is 5.73 Å². The predicted molar refractivity (Wildman–Crippen MR) is 77.5 cm³/mol. The molecule has 1 unspecified atom stereocenters. The highest BCUT2D eigenvalue weighted by atomic mass is 32.2. The van der Waals surface area contributed by atoms with E-state index in [2.05, 4.69) is 56.3 Å². The average molecular weight is 252 g/mol. The van der Waals surface area contributed by atoms with Gasteiger partial charge in [0.1, 0.15) is 0 Å². The van der Waals surface area contributed by atoms with Crippen molar-refractivity contribution < 1.29 is 0 Å². The van der Waals surface area contributed by atoms with Crippen LogP contribution in [0.5, 0.6) is 0 Å². The molecule has 2 nitrogen and oxygen atoms in total. The minimum absolute atomic E-state index is 0.327. The fourth-order valence-corrected chi connectivity index (χ4v) is 2.51. The molecule has 0 bridgehead atoms. The molecule has 96 valence electrons. The zero-order valence-corrected chi connectivity index (χ0v) is 12.1. The first-order chi connectivity index (χ1) is 8.08. The van der Waals surface area contributed by atoms with Gasteiger partial charge in [0.15, 0.2) is 0 Å². The van der Waals surface area contributed by atoms with Gasteiger partial charge >= 0.3 is 0 Å². The van der Waals surface area contributed by atoms with Crippen LogP contribution in [0.2, 0.25) is 0 Å². The summed E-state index contributed by atoms with van der Waals surface area (Å²) in [7, 11) is 2.15. The molecule has 0 aromatic heterocycles. The number of likely N-dealkylation sites (N-methyl/N-ethyl adjacent to an activating group) is 1. The molecule has 0 aliphatic carbocycles. The first-order valence-electron chi connectivity index (χ1n) is 6.12. The van der Waals surface area contributed by atoms with Crippen LogP contribution >= 0.6 is 11.8 Å². The molecule has 0 aliphatic heterocycles. The van der Waals surface area contributed by atoms with E-state index in [9.17, 15) is 0 Å². The highest BCUT2D eigenvalue weighted by Crippen LogP contribution is 2.22. The van der Waals surface area contributed by atoms with Crippen LogP contribution in [-0.2, 0) is 0 Å². The van der Waals surface area contributed by atoms with E-state index in [1.807, 2.05) is 0 Å². The maximum atomic E-state index is 5.91. The summed E-state index contributed by atoms with van der Waals surface area (Å²) in [6, 6.07) is 9.06. The SMILES string of the molecule is CSc1ccc(C(CN)N(C)CC(C)C)cc1. The summed E-state index contributed by atoms with van der Waals surface area (Å²) in [6.45, 7) is 6.22. The van der Waals surface area contributed by atoms with Crippen molar-refractivity contribution in [3.05, 3.63) is 29.8 Å². The lowest BCUT2D eigenvalue weighted by Gasteiger charge is -2.28. The fraction of sp³-hybridized carbons (Fsp3) is 0.571. The van der Waals surface area contributed by atoms with Gasteiger partial charge in [0.25, 0.3) is 0 Å². The second kappa shape index (κ2) is 7.04. The Morgan fingerprint density at radius 2 is 1.82 bits per heavy atom. The Morgan fingerprint density at radius 1 is 1.24 bits per heavy atom. The monoisotopic (exact) mass is 252 g/mol. The van der Waals surface area contributed by atoms with Gasteiger partial charge in [0, 0.05) is 24.0 Å². The molecule has 1 aromatic rings. The number of hydrogen-bond donors (Lipinski definition) is 1. The lowest BCUT2D eigenvalue weighted by Crippen LogP contribution is -2.33. The Bertz CT molecular complexity index is 321. The summed E-state index contributed by atoms with van der Waals surface area (Å²) >= 11 is 1.77. The summed E-state index contributed by atoms with van der Waals surface area (Å²) in [5.74, 6) is 0.666. The molecule has 1 atom stereocenters. The van der Waals surface area contributed by atoms with Crippen LogP contribution in [0.4, 0.5) is 0 Å². The molecule has 3 heteroatoms. The molecule has 0 amide bonds. The van der Waals surface area contributed by atoms with E-state index >= 15 is 0 Å². The predicted octanol–water partition coefficient (Wildman–Crippen LogP) is 3.00. The molecule has 0 aliphatic rings. The standard InChI is InChI=1S/C14H24N2S/c1-11(2)10-16(3)14(9-15)12-5-7-13(17-4)8-6-12/h5-8,11,14H,9-10,15H2,1-4H3. The molecule has 1 aromatic carbocycles. The van der Waals surface area contributed by atoms with Crippen LogP contribution in [0.15, 0.2) is 29.2 Å². The summed E-state index contributed by atoms with van der Waals surface area (Å²) in [6.07, 6.45) is 2.10. The van der Waals surface area contributed by atoms with Gasteiger partial charge in [0.2, 0.25) is 0 Å². The fourth-order valence-electron chi connectivity index (χ4n) is 2.10. The molecule has 0 heterocycles. The van der Waals surface area contributed by atoms with Crippen LogP contribution in [0.1, 0.15) is 25.5 Å². The van der Waals surface area contributed by atoms with Gasteiger partial charge in [-0.1, -0.05) is 26.0 Å². The van der Waals surface area contributed by atoms with E-state index in [1.165, 1.54) is 10.5 Å². The van der Waals surface area contributed by atoms with Crippen molar-refractivity contribution in [3.63, 3.8) is 0 Å². The largest absolute Gasteiger partial charge is 0.329 e. The Kier molecular flexibility index (Phi) is 6.03. The number of hydrogen-bond acceptors (Lipinski definition) is 3. The van der Waals surface area contributed by atoms with Gasteiger partial charge in [0.05, 0.1) is 0 Å². The zero-order valence-electron chi connectivity index (χ0n) is 11.3. The third-order valence-corrected chi connectivity index (χ3v) is 3.65. The van der Waals surface area contributed by atoms with Crippen molar-refractivity contribution >= 4 is 11.8 Å². The summed E-state index contributed by atoms with van der Waals surface area (Å²) in [5, 5.41) is 0. The topological polar surface area (TPSA) is 29.3 Å². The summed E-state index contributed by atoms with van der Waals surface area (Å²) < 4.78 is 0. The number of benzene rings is 1. The van der Waals surface area contributed by atoms with E-state index in [0.717, 1.165) is 6.54 Å². The lowest BCUT2D eigenvalue weighted by atomic mass is 10.0. The highest BCUT2D eigenvalue weighted by molar-refractivity contribution is 7.98. The number of thioether (sulfide) groups is 1. The molecular formula is C14H24N2S. The quantitative estimate of drug-likeness (QED) is 0.789. The third kappa shape index (κ3) is 4.34. The molecule has 1 rings (SSSR count). The van der Waals surface area contributed by atoms with Crippen LogP contribution in [-0.4, -0.2) is 31.3 Å². The minimum atomic E-state index is 0.327. The van der Waals surface area contributed by atoms with Gasteiger partial charge in [-0.15, -0.1) is 11.8 Å².